The second-order valence-corrected chi connectivity index (χ2v) is 4.76. The number of Topliss-reactive ketones (excluding diaryl/α,β-unsaturated/α-hetero) is 2. The number of benzene rings is 1. The van der Waals surface area contributed by atoms with Crippen molar-refractivity contribution in [3.8, 4) is 0 Å². The molecule has 3 N–H and O–H groups in total. The second kappa shape index (κ2) is 6.95. The van der Waals surface area contributed by atoms with Crippen LogP contribution in [0.3, 0.4) is 0 Å². The molecular formula is C15H17NO6. The molecule has 0 bridgehead atoms. The Morgan fingerprint density at radius 2 is 1.73 bits per heavy atom. The minimum absolute atomic E-state index is 0.0110. The van der Waals surface area contributed by atoms with Gasteiger partial charge < -0.3 is 15.6 Å². The summed E-state index contributed by atoms with van der Waals surface area (Å²) >= 11 is 0. The van der Waals surface area contributed by atoms with E-state index in [-0.39, 0.29) is 18.6 Å². The molecule has 1 unspecified atom stereocenters. The number of hydrogen-bond acceptors (Lipinski definition) is 6. The lowest BCUT2D eigenvalue weighted by atomic mass is 9.91. The smallest absolute Gasteiger partial charge is 0.338 e. The summed E-state index contributed by atoms with van der Waals surface area (Å²) in [5.41, 5.74) is 4.06. The molecule has 0 saturated heterocycles. The van der Waals surface area contributed by atoms with Crippen LogP contribution in [0.25, 0.3) is 0 Å². The number of carboxylic acid groups (broad SMARTS) is 1. The topological polar surface area (TPSA) is 124 Å². The highest BCUT2D eigenvalue weighted by Gasteiger charge is 2.44. The minimum Gasteiger partial charge on any atom is -0.479 e. The van der Waals surface area contributed by atoms with Gasteiger partial charge in [-0.05, 0) is 12.5 Å². The molecule has 22 heavy (non-hydrogen) atoms. The molecular weight excluding hydrogens is 290 g/mol. The quantitative estimate of drug-likeness (QED) is 0.322. The van der Waals surface area contributed by atoms with Crippen LogP contribution >= 0.6 is 0 Å². The molecule has 0 aliphatic heterocycles. The van der Waals surface area contributed by atoms with Crippen molar-refractivity contribution in [1.29, 1.82) is 0 Å². The third-order valence-electron chi connectivity index (χ3n) is 3.04. The normalized spacial score (nSPS) is 13.0. The Morgan fingerprint density at radius 3 is 2.14 bits per heavy atom. The van der Waals surface area contributed by atoms with Crippen LogP contribution in [0, 0.1) is 0 Å². The fourth-order valence-electron chi connectivity index (χ4n) is 1.79. The van der Waals surface area contributed by atoms with Gasteiger partial charge in [0.1, 0.15) is 0 Å². The zero-order chi connectivity index (χ0) is 16.9. The lowest BCUT2D eigenvalue weighted by Gasteiger charge is -2.22. The van der Waals surface area contributed by atoms with E-state index in [0.29, 0.717) is 5.56 Å². The van der Waals surface area contributed by atoms with E-state index in [1.54, 1.807) is 6.92 Å². The number of aliphatic carboxylic acids is 1. The highest BCUT2D eigenvalue weighted by molar-refractivity contribution is 6.42. The summed E-state index contributed by atoms with van der Waals surface area (Å²) in [6.07, 6.45) is -0.296. The number of ketones is 2. The van der Waals surface area contributed by atoms with Crippen molar-refractivity contribution in [3.63, 3.8) is 0 Å². The van der Waals surface area contributed by atoms with Crippen molar-refractivity contribution < 1.29 is 29.0 Å². The van der Waals surface area contributed by atoms with E-state index in [1.165, 1.54) is 24.3 Å². The Bertz CT molecular complexity index is 607. The zero-order valence-electron chi connectivity index (χ0n) is 12.3. The van der Waals surface area contributed by atoms with Gasteiger partial charge in [-0.2, -0.15) is 0 Å². The predicted molar refractivity (Wildman–Crippen MR) is 76.3 cm³/mol. The molecule has 0 aliphatic carbocycles. The lowest BCUT2D eigenvalue weighted by Crippen LogP contribution is -2.57. The first-order chi connectivity index (χ1) is 10.2. The number of ether oxygens (including phenoxy) is 1. The van der Waals surface area contributed by atoms with Gasteiger partial charge in [0, 0.05) is 18.9 Å². The number of rotatable bonds is 7. The summed E-state index contributed by atoms with van der Waals surface area (Å²) in [5, 5.41) is 9.18. The molecule has 0 radical (unpaired) electrons. The average Bonchev–Trinajstić information content (AvgIpc) is 2.47. The van der Waals surface area contributed by atoms with Gasteiger partial charge in [0.15, 0.2) is 5.78 Å². The third kappa shape index (κ3) is 3.76. The Balaban J connectivity index is 3.01. The fraction of sp³-hybridized carbons (Fsp3) is 0.333. The molecule has 0 spiro atoms. The van der Waals surface area contributed by atoms with Crippen LogP contribution in [-0.2, 0) is 25.5 Å². The third-order valence-corrected chi connectivity index (χ3v) is 3.04. The van der Waals surface area contributed by atoms with E-state index in [4.69, 9.17) is 10.5 Å². The first-order valence-corrected chi connectivity index (χ1v) is 6.56. The number of esters is 1. The summed E-state index contributed by atoms with van der Waals surface area (Å²) in [6, 6.07) is 5.65. The SMILES string of the molecule is CCOC(=O)C(N)(Cc1ccc(C(=O)C(C)=O)cc1)C(=O)O. The van der Waals surface area contributed by atoms with Crippen LogP contribution in [0.5, 0.6) is 0 Å². The molecule has 118 valence electrons. The van der Waals surface area contributed by atoms with Gasteiger partial charge in [0.2, 0.25) is 11.3 Å². The molecule has 1 aromatic carbocycles. The molecule has 0 heterocycles. The number of nitrogens with two attached hydrogens (primary N) is 1. The molecule has 0 amide bonds. The minimum atomic E-state index is -2.21. The van der Waals surface area contributed by atoms with Crippen molar-refractivity contribution >= 4 is 23.5 Å². The van der Waals surface area contributed by atoms with Crippen LogP contribution in [0.2, 0.25) is 0 Å². The van der Waals surface area contributed by atoms with Crippen LogP contribution in [0.1, 0.15) is 29.8 Å². The monoisotopic (exact) mass is 307 g/mol. The first-order valence-electron chi connectivity index (χ1n) is 6.56. The van der Waals surface area contributed by atoms with Crippen LogP contribution < -0.4 is 5.73 Å². The van der Waals surface area contributed by atoms with Crippen LogP contribution in [0.15, 0.2) is 24.3 Å². The van der Waals surface area contributed by atoms with Crippen molar-refractivity contribution in [2.24, 2.45) is 5.73 Å². The highest BCUT2D eigenvalue weighted by Crippen LogP contribution is 2.15. The fourth-order valence-corrected chi connectivity index (χ4v) is 1.79. The zero-order valence-corrected chi connectivity index (χ0v) is 12.3. The first kappa shape index (κ1) is 17.5. The van der Waals surface area contributed by atoms with E-state index < -0.39 is 29.0 Å². The molecule has 1 aromatic rings. The van der Waals surface area contributed by atoms with E-state index in [0.717, 1.165) is 6.92 Å². The molecule has 0 saturated carbocycles. The average molecular weight is 307 g/mol. The molecule has 1 rings (SSSR count). The van der Waals surface area contributed by atoms with Gasteiger partial charge in [0.25, 0.3) is 0 Å². The largest absolute Gasteiger partial charge is 0.479 e. The summed E-state index contributed by atoms with van der Waals surface area (Å²) in [4.78, 5) is 45.5. The van der Waals surface area contributed by atoms with E-state index in [2.05, 4.69) is 0 Å². The standard InChI is InChI=1S/C15H17NO6/c1-3-22-14(21)15(16,13(19)20)8-10-4-6-11(7-5-10)12(18)9(2)17/h4-7H,3,8,16H2,1-2H3,(H,19,20). The van der Waals surface area contributed by atoms with Gasteiger partial charge in [-0.25, -0.2) is 9.59 Å². The maximum Gasteiger partial charge on any atom is 0.338 e. The Morgan fingerprint density at radius 1 is 1.18 bits per heavy atom. The molecule has 1 atom stereocenters. The van der Waals surface area contributed by atoms with Crippen molar-refractivity contribution in [2.45, 2.75) is 25.8 Å². The second-order valence-electron chi connectivity index (χ2n) is 4.76. The van der Waals surface area contributed by atoms with E-state index >= 15 is 0 Å². The number of carbonyl (C=O) groups is 4. The predicted octanol–water partition coefficient (Wildman–Crippen LogP) is 0.346. The van der Waals surface area contributed by atoms with Crippen molar-refractivity contribution in [3.05, 3.63) is 35.4 Å². The van der Waals surface area contributed by atoms with Crippen LogP contribution in [0.4, 0.5) is 0 Å². The Kier molecular flexibility index (Phi) is 5.53. The molecule has 0 aliphatic rings. The van der Waals surface area contributed by atoms with Gasteiger partial charge in [0.05, 0.1) is 6.61 Å². The van der Waals surface area contributed by atoms with Gasteiger partial charge in [-0.15, -0.1) is 0 Å². The summed E-state index contributed by atoms with van der Waals surface area (Å²) in [7, 11) is 0. The van der Waals surface area contributed by atoms with Gasteiger partial charge in [-0.1, -0.05) is 24.3 Å². The summed E-state index contributed by atoms with van der Waals surface area (Å²) in [5.74, 6) is -3.78. The van der Waals surface area contributed by atoms with Gasteiger partial charge >= 0.3 is 11.9 Å². The summed E-state index contributed by atoms with van der Waals surface area (Å²) < 4.78 is 4.69. The molecule has 0 fully saturated rings. The molecule has 0 aromatic heterocycles. The van der Waals surface area contributed by atoms with E-state index in [9.17, 15) is 24.3 Å². The maximum atomic E-state index is 11.7. The number of carbonyl (C=O) groups excluding carboxylic acids is 3. The number of carboxylic acids is 1. The Labute approximate surface area is 127 Å². The van der Waals surface area contributed by atoms with Gasteiger partial charge in [-0.3, -0.25) is 9.59 Å². The van der Waals surface area contributed by atoms with Crippen LogP contribution in [-0.4, -0.2) is 40.8 Å². The summed E-state index contributed by atoms with van der Waals surface area (Å²) in [6.45, 7) is 2.71. The molecule has 7 heteroatoms. The Hall–Kier alpha value is -2.54. The van der Waals surface area contributed by atoms with Crippen molar-refractivity contribution in [2.75, 3.05) is 6.61 Å². The lowest BCUT2D eigenvalue weighted by molar-refractivity contribution is -0.160. The highest BCUT2D eigenvalue weighted by atomic mass is 16.5. The number of hydrogen-bond donors (Lipinski definition) is 2. The molecule has 7 nitrogen and oxygen atoms in total. The maximum absolute atomic E-state index is 11.7. The van der Waals surface area contributed by atoms with E-state index in [1.807, 2.05) is 0 Å². The van der Waals surface area contributed by atoms with Crippen molar-refractivity contribution in [1.82, 2.24) is 0 Å².